The number of ether oxygens (including phenoxy) is 1. The van der Waals surface area contributed by atoms with E-state index in [9.17, 15) is 9.59 Å². The first-order valence-corrected chi connectivity index (χ1v) is 13.3. The summed E-state index contributed by atoms with van der Waals surface area (Å²) in [4.78, 5) is 35.0. The Hall–Kier alpha value is -2.68. The largest absolute Gasteiger partial charge is 0.479 e. The van der Waals surface area contributed by atoms with Gasteiger partial charge in [-0.3, -0.25) is 14.6 Å². The van der Waals surface area contributed by atoms with E-state index in [1.54, 1.807) is 17.5 Å². The van der Waals surface area contributed by atoms with Gasteiger partial charge >= 0.3 is 0 Å². The number of fused-ring (bicyclic) bond motifs is 2. The molecule has 3 aliphatic rings. The first-order valence-electron chi connectivity index (χ1n) is 12.1. The van der Waals surface area contributed by atoms with E-state index in [1.165, 1.54) is 0 Å². The van der Waals surface area contributed by atoms with Crippen molar-refractivity contribution in [3.05, 3.63) is 45.9 Å². The van der Waals surface area contributed by atoms with Crippen molar-refractivity contribution < 1.29 is 14.3 Å². The SMILES string of the molecule is CC1CCC(=O)N1Cc1cc2nccc(-c3cc(Cl)cc4c3OC(C(=O)N3CCNCC3)C4)c2s1. The predicted octanol–water partition coefficient (Wildman–Crippen LogP) is 3.86. The number of benzene rings is 1. The predicted molar refractivity (Wildman–Crippen MR) is 137 cm³/mol. The van der Waals surface area contributed by atoms with Crippen molar-refractivity contribution in [3.8, 4) is 16.9 Å². The van der Waals surface area contributed by atoms with Gasteiger partial charge < -0.3 is 19.9 Å². The molecule has 0 radical (unpaired) electrons. The molecular formula is C26H27ClN4O3S. The fraction of sp³-hybridized carbons (Fsp3) is 0.423. The van der Waals surface area contributed by atoms with Gasteiger partial charge in [0.2, 0.25) is 5.91 Å². The fourth-order valence-electron chi connectivity index (χ4n) is 5.32. The number of hydrogen-bond acceptors (Lipinski definition) is 6. The lowest BCUT2D eigenvalue weighted by Gasteiger charge is -2.29. The summed E-state index contributed by atoms with van der Waals surface area (Å²) < 4.78 is 7.35. The van der Waals surface area contributed by atoms with Gasteiger partial charge in [-0.15, -0.1) is 11.3 Å². The molecular weight excluding hydrogens is 484 g/mol. The maximum atomic E-state index is 13.1. The summed E-state index contributed by atoms with van der Waals surface area (Å²) in [6.45, 7) is 5.71. The van der Waals surface area contributed by atoms with Crippen molar-refractivity contribution in [2.45, 2.75) is 44.9 Å². The second-order valence-electron chi connectivity index (χ2n) is 9.52. The van der Waals surface area contributed by atoms with Gasteiger partial charge in [-0.05, 0) is 37.6 Å². The highest BCUT2D eigenvalue weighted by molar-refractivity contribution is 7.19. The van der Waals surface area contributed by atoms with Crippen LogP contribution in [0.25, 0.3) is 21.3 Å². The number of hydrogen-bond donors (Lipinski definition) is 1. The first-order chi connectivity index (χ1) is 17.0. The number of carbonyl (C=O) groups excluding carboxylic acids is 2. The molecule has 2 saturated heterocycles. The standard InChI is InChI=1S/C26H27ClN4O3S/c1-15-2-3-23(32)31(15)14-18-13-21-25(35-18)19(4-5-29-21)20-12-17(27)10-16-11-22(34-24(16)20)26(33)30-8-6-28-7-9-30/h4-5,10,12-13,15,22,28H,2-3,6-9,11,14H2,1H3. The minimum atomic E-state index is -0.529. The van der Waals surface area contributed by atoms with Crippen molar-refractivity contribution in [2.75, 3.05) is 26.2 Å². The van der Waals surface area contributed by atoms with Crippen LogP contribution in [0.1, 0.15) is 30.2 Å². The van der Waals surface area contributed by atoms with Crippen LogP contribution in [0.15, 0.2) is 30.5 Å². The second-order valence-corrected chi connectivity index (χ2v) is 11.1. The zero-order valence-corrected chi connectivity index (χ0v) is 21.1. The van der Waals surface area contributed by atoms with Gasteiger partial charge in [0.15, 0.2) is 6.10 Å². The van der Waals surface area contributed by atoms with E-state index in [0.29, 0.717) is 37.5 Å². The summed E-state index contributed by atoms with van der Waals surface area (Å²) in [5, 5.41) is 3.90. The molecule has 182 valence electrons. The summed E-state index contributed by atoms with van der Waals surface area (Å²) >= 11 is 8.19. The molecule has 35 heavy (non-hydrogen) atoms. The van der Waals surface area contributed by atoms with Crippen LogP contribution in [0, 0.1) is 0 Å². The molecule has 7 nitrogen and oxygen atoms in total. The number of nitrogens with one attached hydrogen (secondary N) is 1. The Morgan fingerprint density at radius 2 is 2.09 bits per heavy atom. The smallest absolute Gasteiger partial charge is 0.264 e. The van der Waals surface area contributed by atoms with E-state index in [0.717, 1.165) is 57.0 Å². The van der Waals surface area contributed by atoms with Crippen LogP contribution in [0.5, 0.6) is 5.75 Å². The summed E-state index contributed by atoms with van der Waals surface area (Å²) in [5.41, 5.74) is 3.72. The van der Waals surface area contributed by atoms with Crippen LogP contribution >= 0.6 is 22.9 Å². The summed E-state index contributed by atoms with van der Waals surface area (Å²) in [6.07, 6.45) is 3.32. The number of likely N-dealkylation sites (tertiary alicyclic amines) is 1. The molecule has 2 fully saturated rings. The maximum Gasteiger partial charge on any atom is 0.264 e. The molecule has 5 heterocycles. The average molecular weight is 511 g/mol. The Morgan fingerprint density at radius 1 is 1.26 bits per heavy atom. The Morgan fingerprint density at radius 3 is 2.86 bits per heavy atom. The second kappa shape index (κ2) is 9.08. The zero-order chi connectivity index (χ0) is 24.1. The minimum Gasteiger partial charge on any atom is -0.479 e. The van der Waals surface area contributed by atoms with Crippen LogP contribution < -0.4 is 10.1 Å². The molecule has 2 unspecified atom stereocenters. The van der Waals surface area contributed by atoms with Gasteiger partial charge in [-0.2, -0.15) is 0 Å². The Kier molecular flexibility index (Phi) is 5.90. The van der Waals surface area contributed by atoms with Crippen molar-refractivity contribution in [1.82, 2.24) is 20.1 Å². The molecule has 3 aromatic rings. The Bertz CT molecular complexity index is 1320. The molecule has 0 bridgehead atoms. The van der Waals surface area contributed by atoms with Gasteiger partial charge in [-0.1, -0.05) is 11.6 Å². The van der Waals surface area contributed by atoms with Gasteiger partial charge in [-0.25, -0.2) is 0 Å². The fourth-order valence-corrected chi connectivity index (χ4v) is 6.70. The minimum absolute atomic E-state index is 0.0347. The summed E-state index contributed by atoms with van der Waals surface area (Å²) in [5.74, 6) is 0.977. The number of carbonyl (C=O) groups is 2. The molecule has 0 saturated carbocycles. The van der Waals surface area contributed by atoms with Crippen LogP contribution in [-0.2, 0) is 22.6 Å². The molecule has 6 rings (SSSR count). The lowest BCUT2D eigenvalue weighted by molar-refractivity contribution is -0.138. The van der Waals surface area contributed by atoms with Crippen LogP contribution in [0.3, 0.4) is 0 Å². The third kappa shape index (κ3) is 4.17. The first kappa shape index (κ1) is 22.8. The number of aromatic nitrogens is 1. The summed E-state index contributed by atoms with van der Waals surface area (Å²) in [6, 6.07) is 8.13. The molecule has 0 spiro atoms. The van der Waals surface area contributed by atoms with E-state index >= 15 is 0 Å². The number of nitrogens with zero attached hydrogens (tertiary/aromatic N) is 3. The number of halogens is 1. The highest BCUT2D eigenvalue weighted by Gasteiger charge is 2.35. The van der Waals surface area contributed by atoms with E-state index in [4.69, 9.17) is 16.3 Å². The Labute approximate surface area is 213 Å². The van der Waals surface area contributed by atoms with Gasteiger partial charge in [0.25, 0.3) is 5.91 Å². The zero-order valence-electron chi connectivity index (χ0n) is 19.6. The number of piperazine rings is 1. The summed E-state index contributed by atoms with van der Waals surface area (Å²) in [7, 11) is 0. The van der Waals surface area contributed by atoms with E-state index in [2.05, 4.69) is 23.3 Å². The van der Waals surface area contributed by atoms with Crippen LogP contribution in [0.2, 0.25) is 5.02 Å². The van der Waals surface area contributed by atoms with Gasteiger partial charge in [0, 0.05) is 77.8 Å². The molecule has 0 aliphatic carbocycles. The third-order valence-electron chi connectivity index (χ3n) is 7.21. The molecule has 2 aromatic heterocycles. The van der Waals surface area contributed by atoms with Crippen molar-refractivity contribution >= 4 is 45.0 Å². The van der Waals surface area contributed by atoms with E-state index in [-0.39, 0.29) is 17.9 Å². The number of pyridine rings is 1. The number of rotatable bonds is 4. The Balaban J connectivity index is 1.33. The van der Waals surface area contributed by atoms with Gasteiger partial charge in [0.05, 0.1) is 16.8 Å². The molecule has 1 aromatic carbocycles. The van der Waals surface area contributed by atoms with Crippen molar-refractivity contribution in [2.24, 2.45) is 0 Å². The monoisotopic (exact) mass is 510 g/mol. The van der Waals surface area contributed by atoms with Crippen LogP contribution in [-0.4, -0.2) is 64.9 Å². The maximum absolute atomic E-state index is 13.1. The van der Waals surface area contributed by atoms with E-state index in [1.807, 2.05) is 28.0 Å². The normalized spacial score (nSPS) is 22.1. The molecule has 2 atom stereocenters. The van der Waals surface area contributed by atoms with Crippen molar-refractivity contribution in [3.63, 3.8) is 0 Å². The molecule has 2 amide bonds. The third-order valence-corrected chi connectivity index (χ3v) is 8.57. The van der Waals surface area contributed by atoms with Gasteiger partial charge in [0.1, 0.15) is 5.75 Å². The quantitative estimate of drug-likeness (QED) is 0.577. The average Bonchev–Trinajstić information content (AvgIpc) is 3.56. The number of amides is 2. The highest BCUT2D eigenvalue weighted by Crippen LogP contribution is 2.45. The van der Waals surface area contributed by atoms with E-state index < -0.39 is 6.10 Å². The molecule has 1 N–H and O–H groups in total. The molecule has 3 aliphatic heterocycles. The van der Waals surface area contributed by atoms with Crippen LogP contribution in [0.4, 0.5) is 0 Å². The highest BCUT2D eigenvalue weighted by atomic mass is 35.5. The topological polar surface area (TPSA) is 74.8 Å². The van der Waals surface area contributed by atoms with Crippen molar-refractivity contribution in [1.29, 1.82) is 0 Å². The number of thiophene rings is 1. The molecule has 9 heteroatoms. The lowest BCUT2D eigenvalue weighted by atomic mass is 10.0. The lowest BCUT2D eigenvalue weighted by Crippen LogP contribution is -2.50.